The maximum absolute atomic E-state index is 6.41. The zero-order valence-electron chi connectivity index (χ0n) is 29.8. The molecule has 3 heteroatoms. The monoisotopic (exact) mass is 703 g/mol. The van der Waals surface area contributed by atoms with Crippen LogP contribution in [0.2, 0.25) is 0 Å². The SMILES string of the molecule is c1ccc(-c2cccc(-c3cccc(N(c4ccc(-c5cccc6ccc7oc8ccccc8c7c56)cc4)c4cccc5oc6ccccc6c45)c3)c2)cc1. The summed E-state index contributed by atoms with van der Waals surface area (Å²) in [5.74, 6) is 0. The lowest BCUT2D eigenvalue weighted by atomic mass is 9.94. The van der Waals surface area contributed by atoms with Gasteiger partial charge < -0.3 is 13.7 Å². The molecule has 0 spiro atoms. The number of anilines is 3. The number of para-hydroxylation sites is 2. The van der Waals surface area contributed by atoms with Crippen LogP contribution in [0.15, 0.2) is 209 Å². The fourth-order valence-corrected chi connectivity index (χ4v) is 8.33. The summed E-state index contributed by atoms with van der Waals surface area (Å²) in [6.07, 6.45) is 0. The van der Waals surface area contributed by atoms with Crippen molar-refractivity contribution in [1.82, 2.24) is 0 Å². The van der Waals surface area contributed by atoms with Gasteiger partial charge in [-0.25, -0.2) is 0 Å². The first-order valence-corrected chi connectivity index (χ1v) is 18.7. The van der Waals surface area contributed by atoms with Gasteiger partial charge in [0.2, 0.25) is 0 Å². The van der Waals surface area contributed by atoms with E-state index in [1.54, 1.807) is 0 Å². The average Bonchev–Trinajstić information content (AvgIpc) is 3.84. The Kier molecular flexibility index (Phi) is 7.17. The number of fused-ring (bicyclic) bond motifs is 8. The van der Waals surface area contributed by atoms with E-state index in [0.717, 1.165) is 72.1 Å². The van der Waals surface area contributed by atoms with Gasteiger partial charge >= 0.3 is 0 Å². The van der Waals surface area contributed by atoms with Crippen molar-refractivity contribution in [2.24, 2.45) is 0 Å². The van der Waals surface area contributed by atoms with Gasteiger partial charge in [0.15, 0.2) is 0 Å². The van der Waals surface area contributed by atoms with E-state index in [2.05, 4.69) is 181 Å². The van der Waals surface area contributed by atoms with Crippen LogP contribution in [0.1, 0.15) is 0 Å². The molecule has 2 aromatic heterocycles. The highest BCUT2D eigenvalue weighted by molar-refractivity contribution is 6.23. The standard InChI is InChI=1S/C52H33NO2/c1-2-12-34(13-3-1)37-15-8-16-38(32-37)39-17-9-18-41(33-39)53(45-22-11-25-48-51(45)43-19-4-6-23-46(43)54-48)40-29-26-35(27-30-40)42-21-10-14-36-28-31-49-52(50(36)42)44-20-5-7-24-47(44)55-49/h1-33H. The predicted octanol–water partition coefficient (Wildman–Crippen LogP) is 15.1. The minimum Gasteiger partial charge on any atom is -0.456 e. The van der Waals surface area contributed by atoms with Gasteiger partial charge in [-0.1, -0.05) is 140 Å². The summed E-state index contributed by atoms with van der Waals surface area (Å²) in [6.45, 7) is 0. The molecule has 0 N–H and O–H groups in total. The molecule has 0 unspecified atom stereocenters. The highest BCUT2D eigenvalue weighted by atomic mass is 16.3. The summed E-state index contributed by atoms with van der Waals surface area (Å²) in [7, 11) is 0. The normalized spacial score (nSPS) is 11.6. The van der Waals surface area contributed by atoms with Gasteiger partial charge in [-0.15, -0.1) is 0 Å². The molecule has 0 saturated heterocycles. The Hall–Kier alpha value is -7.36. The molecule has 11 rings (SSSR count). The van der Waals surface area contributed by atoms with E-state index >= 15 is 0 Å². The van der Waals surface area contributed by atoms with Gasteiger partial charge in [0.1, 0.15) is 22.3 Å². The summed E-state index contributed by atoms with van der Waals surface area (Å²) in [5.41, 5.74) is 13.7. The number of nitrogens with zero attached hydrogens (tertiary/aromatic N) is 1. The van der Waals surface area contributed by atoms with Crippen LogP contribution in [-0.2, 0) is 0 Å². The smallest absolute Gasteiger partial charge is 0.137 e. The molecule has 2 heterocycles. The second-order valence-corrected chi connectivity index (χ2v) is 14.1. The van der Waals surface area contributed by atoms with E-state index < -0.39 is 0 Å². The first-order valence-electron chi connectivity index (χ1n) is 18.7. The molecule has 0 radical (unpaired) electrons. The van der Waals surface area contributed by atoms with Crippen LogP contribution in [0.25, 0.3) is 88.0 Å². The van der Waals surface area contributed by atoms with Crippen LogP contribution in [0.4, 0.5) is 17.1 Å². The maximum Gasteiger partial charge on any atom is 0.137 e. The first-order chi connectivity index (χ1) is 27.3. The van der Waals surface area contributed by atoms with Crippen LogP contribution < -0.4 is 4.90 Å². The fraction of sp³-hybridized carbons (Fsp3) is 0. The molecule has 0 aliphatic carbocycles. The van der Waals surface area contributed by atoms with Gasteiger partial charge in [-0.2, -0.15) is 0 Å². The second kappa shape index (κ2) is 12.6. The highest BCUT2D eigenvalue weighted by Gasteiger charge is 2.21. The Labute approximate surface area is 317 Å². The summed E-state index contributed by atoms with van der Waals surface area (Å²) >= 11 is 0. The molecule has 258 valence electrons. The molecule has 0 aliphatic rings. The van der Waals surface area contributed by atoms with Crippen molar-refractivity contribution in [3.05, 3.63) is 200 Å². The van der Waals surface area contributed by atoms with Crippen LogP contribution >= 0.6 is 0 Å². The van der Waals surface area contributed by atoms with Gasteiger partial charge in [0.05, 0.1) is 11.1 Å². The second-order valence-electron chi connectivity index (χ2n) is 14.1. The molecule has 0 fully saturated rings. The molecular formula is C52H33NO2. The van der Waals surface area contributed by atoms with Crippen molar-refractivity contribution in [1.29, 1.82) is 0 Å². The van der Waals surface area contributed by atoms with Gasteiger partial charge in [-0.05, 0) is 99.4 Å². The predicted molar refractivity (Wildman–Crippen MR) is 229 cm³/mol. The average molecular weight is 704 g/mol. The van der Waals surface area contributed by atoms with Gasteiger partial charge in [-0.3, -0.25) is 0 Å². The molecule has 0 aliphatic heterocycles. The van der Waals surface area contributed by atoms with Crippen LogP contribution in [-0.4, -0.2) is 0 Å². The number of hydrogen-bond donors (Lipinski definition) is 0. The highest BCUT2D eigenvalue weighted by Crippen LogP contribution is 2.45. The molecule has 9 aromatic carbocycles. The largest absolute Gasteiger partial charge is 0.456 e. The van der Waals surface area contributed by atoms with Crippen molar-refractivity contribution in [2.45, 2.75) is 0 Å². The molecule has 0 atom stereocenters. The fourth-order valence-electron chi connectivity index (χ4n) is 8.33. The van der Waals surface area contributed by atoms with Gasteiger partial charge in [0, 0.05) is 32.9 Å². The Morgan fingerprint density at radius 3 is 1.67 bits per heavy atom. The van der Waals surface area contributed by atoms with Crippen LogP contribution in [0, 0.1) is 0 Å². The Bertz CT molecular complexity index is 3210. The van der Waals surface area contributed by atoms with Crippen LogP contribution in [0.3, 0.4) is 0 Å². The minimum atomic E-state index is 0.860. The van der Waals surface area contributed by atoms with Gasteiger partial charge in [0.25, 0.3) is 0 Å². The zero-order valence-corrected chi connectivity index (χ0v) is 29.8. The summed E-state index contributed by atoms with van der Waals surface area (Å²) in [6, 6.07) is 71.0. The molecule has 11 aromatic rings. The number of benzene rings is 9. The van der Waals surface area contributed by atoms with Crippen molar-refractivity contribution >= 4 is 71.7 Å². The topological polar surface area (TPSA) is 29.5 Å². The van der Waals surface area contributed by atoms with Crippen molar-refractivity contribution in [3.8, 4) is 33.4 Å². The van der Waals surface area contributed by atoms with E-state index in [1.165, 1.54) is 33.0 Å². The van der Waals surface area contributed by atoms with E-state index in [4.69, 9.17) is 8.83 Å². The third-order valence-corrected chi connectivity index (χ3v) is 10.8. The number of furan rings is 2. The first kappa shape index (κ1) is 31.2. The van der Waals surface area contributed by atoms with Crippen LogP contribution in [0.5, 0.6) is 0 Å². The lowest BCUT2D eigenvalue weighted by molar-refractivity contribution is 0.668. The molecule has 3 nitrogen and oxygen atoms in total. The van der Waals surface area contributed by atoms with E-state index in [1.807, 2.05) is 24.3 Å². The molecule has 0 saturated carbocycles. The third kappa shape index (κ3) is 5.20. The quantitative estimate of drug-likeness (QED) is 0.173. The Morgan fingerprint density at radius 2 is 0.891 bits per heavy atom. The summed E-state index contributed by atoms with van der Waals surface area (Å²) < 4.78 is 12.7. The molecular weight excluding hydrogens is 671 g/mol. The van der Waals surface area contributed by atoms with Crippen molar-refractivity contribution < 1.29 is 8.83 Å². The van der Waals surface area contributed by atoms with E-state index in [0.29, 0.717) is 0 Å². The van der Waals surface area contributed by atoms with Crippen molar-refractivity contribution in [3.63, 3.8) is 0 Å². The minimum absolute atomic E-state index is 0.860. The van der Waals surface area contributed by atoms with Crippen molar-refractivity contribution in [2.75, 3.05) is 4.90 Å². The zero-order chi connectivity index (χ0) is 36.3. The number of rotatable bonds is 6. The molecule has 0 bridgehead atoms. The summed E-state index contributed by atoms with van der Waals surface area (Å²) in [5, 5.41) is 6.85. The third-order valence-electron chi connectivity index (χ3n) is 10.8. The number of hydrogen-bond acceptors (Lipinski definition) is 3. The summed E-state index contributed by atoms with van der Waals surface area (Å²) in [4.78, 5) is 2.36. The Balaban J connectivity index is 1.09. The van der Waals surface area contributed by atoms with E-state index in [9.17, 15) is 0 Å². The molecule has 55 heavy (non-hydrogen) atoms. The Morgan fingerprint density at radius 1 is 0.309 bits per heavy atom. The molecule has 0 amide bonds. The maximum atomic E-state index is 6.41. The lowest BCUT2D eigenvalue weighted by Crippen LogP contribution is -2.10. The van der Waals surface area contributed by atoms with E-state index in [-0.39, 0.29) is 0 Å². The lowest BCUT2D eigenvalue weighted by Gasteiger charge is -2.27.